The first-order valence-corrected chi connectivity index (χ1v) is 11.8. The van der Waals surface area contributed by atoms with Gasteiger partial charge < -0.3 is 14.8 Å². The number of carbonyl (C=O) groups excluding carboxylic acids is 1. The Balaban J connectivity index is 1.54. The lowest BCUT2D eigenvalue weighted by Gasteiger charge is -2.07. The van der Waals surface area contributed by atoms with Gasteiger partial charge in [-0.1, -0.05) is 0 Å². The number of nitrogens with zero attached hydrogens (tertiary/aromatic N) is 2. The van der Waals surface area contributed by atoms with E-state index in [4.69, 9.17) is 14.7 Å². The van der Waals surface area contributed by atoms with Crippen molar-refractivity contribution in [2.45, 2.75) is 17.9 Å². The summed E-state index contributed by atoms with van der Waals surface area (Å²) in [4.78, 5) is 16.7. The molecule has 0 amide bonds. The molecule has 32 heavy (non-hydrogen) atoms. The molecular formula is C21H20N4O5S2. The van der Waals surface area contributed by atoms with Gasteiger partial charge in [-0.05, 0) is 48.5 Å². The minimum Gasteiger partial charge on any atom is -0.497 e. The average molecular weight is 473 g/mol. The molecule has 2 N–H and O–H groups in total. The highest BCUT2D eigenvalue weighted by Crippen LogP contribution is 2.23. The molecule has 0 bridgehead atoms. The Morgan fingerprint density at radius 2 is 1.88 bits per heavy atom. The maximum atomic E-state index is 12.3. The van der Waals surface area contributed by atoms with E-state index in [2.05, 4.69) is 15.0 Å². The van der Waals surface area contributed by atoms with Crippen LogP contribution in [0.1, 0.15) is 22.5 Å². The SMILES string of the molecule is COc1ccc(Nc2nc(COC(=O)c3ccc(S(=O)(=O)NCCC#N)cc3)cs2)cc1. The van der Waals surface area contributed by atoms with Crippen molar-refractivity contribution < 1.29 is 22.7 Å². The van der Waals surface area contributed by atoms with Crippen LogP contribution >= 0.6 is 11.3 Å². The van der Waals surface area contributed by atoms with Gasteiger partial charge in [-0.25, -0.2) is 22.9 Å². The Labute approximate surface area is 189 Å². The smallest absolute Gasteiger partial charge is 0.338 e. The molecule has 0 atom stereocenters. The van der Waals surface area contributed by atoms with Crippen molar-refractivity contribution >= 4 is 38.1 Å². The van der Waals surface area contributed by atoms with Crippen LogP contribution in [0.25, 0.3) is 0 Å². The van der Waals surface area contributed by atoms with Crippen LogP contribution in [0.3, 0.4) is 0 Å². The van der Waals surface area contributed by atoms with E-state index in [1.165, 1.54) is 35.6 Å². The summed E-state index contributed by atoms with van der Waals surface area (Å²) in [5.74, 6) is 0.159. The minimum atomic E-state index is -3.73. The number of thiazole rings is 1. The third-order valence-electron chi connectivity index (χ3n) is 4.17. The van der Waals surface area contributed by atoms with Gasteiger partial charge >= 0.3 is 5.97 Å². The number of esters is 1. The van der Waals surface area contributed by atoms with Crippen molar-refractivity contribution in [2.24, 2.45) is 0 Å². The van der Waals surface area contributed by atoms with E-state index in [0.29, 0.717) is 10.8 Å². The fourth-order valence-corrected chi connectivity index (χ4v) is 4.29. The summed E-state index contributed by atoms with van der Waals surface area (Å²) in [5.41, 5.74) is 1.65. The molecule has 2 aromatic carbocycles. The van der Waals surface area contributed by atoms with Crippen molar-refractivity contribution in [1.82, 2.24) is 9.71 Å². The van der Waals surface area contributed by atoms with Crippen LogP contribution in [0.4, 0.5) is 10.8 Å². The zero-order valence-electron chi connectivity index (χ0n) is 17.1. The molecule has 1 aromatic heterocycles. The van der Waals surface area contributed by atoms with Gasteiger partial charge in [-0.3, -0.25) is 0 Å². The molecule has 1 heterocycles. The molecule has 0 radical (unpaired) electrons. The number of methoxy groups -OCH3 is 1. The quantitative estimate of drug-likeness (QED) is 0.339. The zero-order valence-corrected chi connectivity index (χ0v) is 18.7. The maximum Gasteiger partial charge on any atom is 0.338 e. The third-order valence-corrected chi connectivity index (χ3v) is 6.46. The van der Waals surface area contributed by atoms with Crippen molar-refractivity contribution in [2.75, 3.05) is 19.0 Å². The van der Waals surface area contributed by atoms with E-state index in [-0.39, 0.29) is 30.0 Å². The molecular weight excluding hydrogens is 452 g/mol. The van der Waals surface area contributed by atoms with E-state index in [0.717, 1.165) is 11.4 Å². The highest BCUT2D eigenvalue weighted by atomic mass is 32.2. The van der Waals surface area contributed by atoms with Gasteiger partial charge in [0.05, 0.1) is 29.3 Å². The molecule has 0 aliphatic heterocycles. The number of nitriles is 1. The predicted octanol–water partition coefficient (Wildman–Crippen LogP) is 3.44. The molecule has 3 aromatic rings. The molecule has 0 aliphatic rings. The van der Waals surface area contributed by atoms with Crippen LogP contribution in [0, 0.1) is 11.3 Å². The molecule has 0 saturated heterocycles. The molecule has 0 aliphatic carbocycles. The number of hydrogen-bond donors (Lipinski definition) is 2. The summed E-state index contributed by atoms with van der Waals surface area (Å²) in [6.45, 7) is 0.000961. The number of nitrogens with one attached hydrogen (secondary N) is 2. The van der Waals surface area contributed by atoms with E-state index in [1.54, 1.807) is 12.5 Å². The van der Waals surface area contributed by atoms with Crippen LogP contribution in [-0.2, 0) is 21.4 Å². The monoisotopic (exact) mass is 472 g/mol. The highest BCUT2D eigenvalue weighted by Gasteiger charge is 2.15. The lowest BCUT2D eigenvalue weighted by Crippen LogP contribution is -2.24. The third kappa shape index (κ3) is 6.27. The first kappa shape index (κ1) is 23.2. The second-order valence-electron chi connectivity index (χ2n) is 6.40. The molecule has 9 nitrogen and oxygen atoms in total. The van der Waals surface area contributed by atoms with Gasteiger partial charge in [-0.2, -0.15) is 5.26 Å². The summed E-state index contributed by atoms with van der Waals surface area (Å²) >= 11 is 1.38. The van der Waals surface area contributed by atoms with Gasteiger partial charge in [-0.15, -0.1) is 11.3 Å². The second-order valence-corrected chi connectivity index (χ2v) is 9.03. The topological polar surface area (TPSA) is 130 Å². The maximum absolute atomic E-state index is 12.3. The fourth-order valence-electron chi connectivity index (χ4n) is 2.55. The number of benzene rings is 2. The lowest BCUT2D eigenvalue weighted by atomic mass is 10.2. The standard InChI is InChI=1S/C21H20N4O5S2/c1-29-18-7-5-16(6-8-18)24-21-25-17(14-31-21)13-30-20(26)15-3-9-19(10-4-15)32(27,28)23-12-2-11-22/h3-10,14,23H,2,12-13H2,1H3,(H,24,25). The van der Waals surface area contributed by atoms with E-state index >= 15 is 0 Å². The Bertz CT molecular complexity index is 1200. The van der Waals surface area contributed by atoms with Crippen LogP contribution in [-0.4, -0.2) is 33.0 Å². The summed E-state index contributed by atoms with van der Waals surface area (Å²) in [6, 6.07) is 14.6. The second kappa shape index (κ2) is 10.7. The van der Waals surface area contributed by atoms with Gasteiger partial charge in [0.2, 0.25) is 10.0 Å². The number of rotatable bonds is 10. The molecule has 0 unspecified atom stereocenters. The first-order chi connectivity index (χ1) is 15.4. The van der Waals surface area contributed by atoms with Crippen molar-refractivity contribution in [3.8, 4) is 11.8 Å². The molecule has 3 rings (SSSR count). The van der Waals surface area contributed by atoms with Gasteiger partial charge in [0.15, 0.2) is 5.13 Å². The van der Waals surface area contributed by atoms with Crippen LogP contribution in [0.15, 0.2) is 58.8 Å². The number of sulfonamides is 1. The number of aromatic nitrogens is 1. The van der Waals surface area contributed by atoms with Crippen LogP contribution in [0.5, 0.6) is 5.75 Å². The van der Waals surface area contributed by atoms with Crippen molar-refractivity contribution in [1.29, 1.82) is 5.26 Å². The molecule has 11 heteroatoms. The summed E-state index contributed by atoms with van der Waals surface area (Å²) in [6.07, 6.45) is 0.0671. The lowest BCUT2D eigenvalue weighted by molar-refractivity contribution is 0.0468. The molecule has 0 saturated carbocycles. The Morgan fingerprint density at radius 1 is 1.16 bits per heavy atom. The Hall–Kier alpha value is -3.46. The number of carbonyl (C=O) groups is 1. The van der Waals surface area contributed by atoms with E-state index in [9.17, 15) is 13.2 Å². The highest BCUT2D eigenvalue weighted by molar-refractivity contribution is 7.89. The summed E-state index contributed by atoms with van der Waals surface area (Å²) in [7, 11) is -2.13. The summed E-state index contributed by atoms with van der Waals surface area (Å²) < 4.78 is 36.9. The van der Waals surface area contributed by atoms with Crippen LogP contribution < -0.4 is 14.8 Å². The van der Waals surface area contributed by atoms with E-state index in [1.807, 2.05) is 30.3 Å². The Kier molecular flexibility index (Phi) is 7.77. The number of hydrogen-bond acceptors (Lipinski definition) is 9. The number of anilines is 2. The molecule has 0 spiro atoms. The molecule has 166 valence electrons. The summed E-state index contributed by atoms with van der Waals surface area (Å²) in [5, 5.41) is 14.1. The fraction of sp³-hybridized carbons (Fsp3) is 0.190. The average Bonchev–Trinajstić information content (AvgIpc) is 3.25. The van der Waals surface area contributed by atoms with Crippen molar-refractivity contribution in [3.63, 3.8) is 0 Å². The van der Waals surface area contributed by atoms with Crippen molar-refractivity contribution in [3.05, 3.63) is 65.2 Å². The predicted molar refractivity (Wildman–Crippen MR) is 119 cm³/mol. The largest absolute Gasteiger partial charge is 0.497 e. The first-order valence-electron chi connectivity index (χ1n) is 9.40. The van der Waals surface area contributed by atoms with Gasteiger partial charge in [0.25, 0.3) is 0 Å². The minimum absolute atomic E-state index is 0.000684. The zero-order chi connectivity index (χ0) is 23.0. The van der Waals surface area contributed by atoms with Gasteiger partial charge in [0.1, 0.15) is 12.4 Å². The number of ether oxygens (including phenoxy) is 2. The Morgan fingerprint density at radius 3 is 2.53 bits per heavy atom. The molecule has 0 fully saturated rings. The van der Waals surface area contributed by atoms with Gasteiger partial charge in [0, 0.05) is 24.0 Å². The van der Waals surface area contributed by atoms with E-state index < -0.39 is 16.0 Å². The van der Waals surface area contributed by atoms with Crippen LogP contribution in [0.2, 0.25) is 0 Å². The normalized spacial score (nSPS) is 10.9.